The van der Waals surface area contributed by atoms with E-state index in [1.54, 1.807) is 0 Å². The van der Waals surface area contributed by atoms with E-state index < -0.39 is 0 Å². The first-order valence-corrected chi connectivity index (χ1v) is 9.89. The Hall–Kier alpha value is -2.37. The van der Waals surface area contributed by atoms with E-state index >= 15 is 0 Å². The smallest absolute Gasteiger partial charge is 0.234 e. The summed E-state index contributed by atoms with van der Waals surface area (Å²) in [5, 5.41) is 4.01. The van der Waals surface area contributed by atoms with E-state index in [1.165, 1.54) is 11.8 Å². The second kappa shape index (κ2) is 8.55. The molecule has 3 rings (SSSR count). The Balaban J connectivity index is 1.70. The number of nitrogens with zero attached hydrogens (tertiary/aromatic N) is 2. The second-order valence-electron chi connectivity index (χ2n) is 6.32. The number of anilines is 1. The van der Waals surface area contributed by atoms with Gasteiger partial charge in [-0.3, -0.25) is 4.79 Å². The van der Waals surface area contributed by atoms with Crippen molar-refractivity contribution in [2.45, 2.75) is 25.9 Å². The monoisotopic (exact) mass is 397 g/mol. The summed E-state index contributed by atoms with van der Waals surface area (Å²) < 4.78 is 0. The average Bonchev–Trinajstić information content (AvgIpc) is 2.63. The van der Waals surface area contributed by atoms with Gasteiger partial charge in [-0.25, -0.2) is 9.97 Å². The molecule has 0 fully saturated rings. The molecular weight excluding hydrogens is 378 g/mol. The van der Waals surface area contributed by atoms with Gasteiger partial charge in [0.25, 0.3) is 0 Å². The molecule has 1 aromatic heterocycles. The molecule has 0 aliphatic carbocycles. The van der Waals surface area contributed by atoms with Crippen molar-refractivity contribution in [1.29, 1.82) is 0 Å². The SMILES string of the molecule is Cc1cc(C)c(NC(=O)CSc2nc(C)cc(-c3ccccc3)n2)c(Cl)c1. The zero-order valence-corrected chi connectivity index (χ0v) is 17.0. The fourth-order valence-corrected chi connectivity index (χ4v) is 3.81. The Labute approximate surface area is 168 Å². The Kier molecular flexibility index (Phi) is 6.14. The number of benzene rings is 2. The fourth-order valence-electron chi connectivity index (χ4n) is 2.74. The van der Waals surface area contributed by atoms with Gasteiger partial charge >= 0.3 is 0 Å². The molecule has 0 radical (unpaired) electrons. The van der Waals surface area contributed by atoms with Crippen molar-refractivity contribution in [2.75, 3.05) is 11.1 Å². The van der Waals surface area contributed by atoms with Crippen LogP contribution in [0.25, 0.3) is 11.3 Å². The largest absolute Gasteiger partial charge is 0.324 e. The summed E-state index contributed by atoms with van der Waals surface area (Å²) in [5.74, 6) is 0.0710. The van der Waals surface area contributed by atoms with E-state index in [-0.39, 0.29) is 11.7 Å². The molecule has 2 aromatic carbocycles. The number of hydrogen-bond acceptors (Lipinski definition) is 4. The standard InChI is InChI=1S/C21H20ClN3OS/c1-13-9-14(2)20(17(22)10-13)25-19(26)12-27-21-23-15(3)11-18(24-21)16-7-5-4-6-8-16/h4-11H,12H2,1-3H3,(H,25,26). The van der Waals surface area contributed by atoms with E-state index in [9.17, 15) is 4.79 Å². The van der Waals surface area contributed by atoms with Gasteiger partial charge in [-0.05, 0) is 44.0 Å². The second-order valence-corrected chi connectivity index (χ2v) is 7.67. The van der Waals surface area contributed by atoms with Gasteiger partial charge in [-0.2, -0.15) is 0 Å². The van der Waals surface area contributed by atoms with Crippen LogP contribution >= 0.6 is 23.4 Å². The predicted molar refractivity (Wildman–Crippen MR) is 112 cm³/mol. The lowest BCUT2D eigenvalue weighted by molar-refractivity contribution is -0.113. The summed E-state index contributed by atoms with van der Waals surface area (Å²) in [4.78, 5) is 21.4. The maximum absolute atomic E-state index is 12.4. The van der Waals surface area contributed by atoms with Crippen LogP contribution in [0.1, 0.15) is 16.8 Å². The summed E-state index contributed by atoms with van der Waals surface area (Å²) in [5.41, 5.74) is 5.40. The molecule has 0 spiro atoms. The minimum absolute atomic E-state index is 0.139. The normalized spacial score (nSPS) is 10.7. The lowest BCUT2D eigenvalue weighted by Gasteiger charge is -2.11. The van der Waals surface area contributed by atoms with E-state index in [2.05, 4.69) is 15.3 Å². The molecule has 0 aliphatic rings. The molecule has 0 atom stereocenters. The lowest BCUT2D eigenvalue weighted by Crippen LogP contribution is -2.15. The molecule has 0 aliphatic heterocycles. The highest BCUT2D eigenvalue weighted by molar-refractivity contribution is 7.99. The van der Waals surface area contributed by atoms with Gasteiger partial charge in [0.05, 0.1) is 22.2 Å². The van der Waals surface area contributed by atoms with Gasteiger partial charge in [0.15, 0.2) is 5.16 Å². The van der Waals surface area contributed by atoms with Crippen molar-refractivity contribution in [2.24, 2.45) is 0 Å². The molecule has 0 bridgehead atoms. The van der Waals surface area contributed by atoms with Crippen molar-refractivity contribution >= 4 is 35.0 Å². The van der Waals surface area contributed by atoms with Crippen LogP contribution in [-0.2, 0) is 4.79 Å². The zero-order valence-electron chi connectivity index (χ0n) is 15.4. The van der Waals surface area contributed by atoms with Gasteiger partial charge in [0.1, 0.15) is 0 Å². The molecule has 138 valence electrons. The molecule has 0 unspecified atom stereocenters. The van der Waals surface area contributed by atoms with Crippen LogP contribution in [0.15, 0.2) is 53.7 Å². The van der Waals surface area contributed by atoms with Crippen LogP contribution in [0.4, 0.5) is 5.69 Å². The number of aromatic nitrogens is 2. The van der Waals surface area contributed by atoms with Crippen LogP contribution < -0.4 is 5.32 Å². The highest BCUT2D eigenvalue weighted by Gasteiger charge is 2.12. The number of hydrogen-bond donors (Lipinski definition) is 1. The number of rotatable bonds is 5. The maximum Gasteiger partial charge on any atom is 0.234 e. The lowest BCUT2D eigenvalue weighted by atomic mass is 10.1. The fraction of sp³-hybridized carbons (Fsp3) is 0.190. The summed E-state index contributed by atoms with van der Waals surface area (Å²) in [6.07, 6.45) is 0. The average molecular weight is 398 g/mol. The van der Waals surface area contributed by atoms with E-state index in [0.29, 0.717) is 15.9 Å². The van der Waals surface area contributed by atoms with E-state index in [4.69, 9.17) is 11.6 Å². The topological polar surface area (TPSA) is 54.9 Å². The zero-order chi connectivity index (χ0) is 19.4. The van der Waals surface area contributed by atoms with Crippen molar-refractivity contribution < 1.29 is 4.79 Å². The van der Waals surface area contributed by atoms with Gasteiger partial charge in [0, 0.05) is 11.3 Å². The third-order valence-electron chi connectivity index (χ3n) is 3.93. The van der Waals surface area contributed by atoms with Crippen LogP contribution in [0.2, 0.25) is 5.02 Å². The van der Waals surface area contributed by atoms with Crippen molar-refractivity contribution in [3.63, 3.8) is 0 Å². The minimum Gasteiger partial charge on any atom is -0.324 e. The number of nitrogens with one attached hydrogen (secondary N) is 1. The molecule has 1 amide bonds. The molecule has 1 heterocycles. The Morgan fingerprint density at radius 2 is 1.81 bits per heavy atom. The Morgan fingerprint density at radius 3 is 2.52 bits per heavy atom. The van der Waals surface area contributed by atoms with Crippen LogP contribution in [-0.4, -0.2) is 21.6 Å². The van der Waals surface area contributed by atoms with Crippen LogP contribution in [0.5, 0.6) is 0 Å². The van der Waals surface area contributed by atoms with Gasteiger partial charge in [0.2, 0.25) is 5.91 Å². The molecule has 1 N–H and O–H groups in total. The minimum atomic E-state index is -0.139. The molecule has 4 nitrogen and oxygen atoms in total. The molecule has 3 aromatic rings. The number of aryl methyl sites for hydroxylation is 3. The Bertz CT molecular complexity index is 953. The number of carbonyl (C=O) groups excluding carboxylic acids is 1. The summed E-state index contributed by atoms with van der Waals surface area (Å²) in [7, 11) is 0. The first-order valence-electron chi connectivity index (χ1n) is 8.53. The highest BCUT2D eigenvalue weighted by Crippen LogP contribution is 2.28. The van der Waals surface area contributed by atoms with E-state index in [0.717, 1.165) is 28.1 Å². The Morgan fingerprint density at radius 1 is 1.07 bits per heavy atom. The molecule has 6 heteroatoms. The van der Waals surface area contributed by atoms with Crippen LogP contribution in [0.3, 0.4) is 0 Å². The maximum atomic E-state index is 12.4. The predicted octanol–water partition coefficient (Wildman–Crippen LogP) is 5.45. The van der Waals surface area contributed by atoms with Gasteiger partial charge in [-0.1, -0.05) is 59.8 Å². The molecule has 0 saturated carbocycles. The summed E-state index contributed by atoms with van der Waals surface area (Å²) in [6.45, 7) is 5.82. The van der Waals surface area contributed by atoms with Crippen molar-refractivity contribution in [3.8, 4) is 11.3 Å². The molecular formula is C21H20ClN3OS. The summed E-state index contributed by atoms with van der Waals surface area (Å²) >= 11 is 7.57. The number of amides is 1. The number of halogens is 1. The first kappa shape index (κ1) is 19.4. The van der Waals surface area contributed by atoms with Crippen LogP contribution in [0, 0.1) is 20.8 Å². The van der Waals surface area contributed by atoms with Gasteiger partial charge < -0.3 is 5.32 Å². The van der Waals surface area contributed by atoms with Crippen molar-refractivity contribution in [3.05, 3.63) is 70.4 Å². The first-order chi connectivity index (χ1) is 12.9. The third kappa shape index (κ3) is 5.08. The molecule has 27 heavy (non-hydrogen) atoms. The number of carbonyl (C=O) groups is 1. The number of thioether (sulfide) groups is 1. The van der Waals surface area contributed by atoms with Crippen molar-refractivity contribution in [1.82, 2.24) is 9.97 Å². The van der Waals surface area contributed by atoms with E-state index in [1.807, 2.05) is 69.3 Å². The highest BCUT2D eigenvalue weighted by atomic mass is 35.5. The summed E-state index contributed by atoms with van der Waals surface area (Å²) in [6, 6.07) is 15.7. The molecule has 0 saturated heterocycles. The quantitative estimate of drug-likeness (QED) is 0.459. The third-order valence-corrected chi connectivity index (χ3v) is 5.08. The van der Waals surface area contributed by atoms with Gasteiger partial charge in [-0.15, -0.1) is 0 Å².